The molecule has 2 heterocycles. The molecule has 1 unspecified atom stereocenters. The minimum absolute atomic E-state index is 0.159. The van der Waals surface area contributed by atoms with Crippen LogP contribution >= 0.6 is 7.60 Å². The highest BCUT2D eigenvalue weighted by Crippen LogP contribution is 2.45. The zero-order chi connectivity index (χ0) is 33.3. The minimum Gasteiger partial charge on any atom is -0.493 e. The Labute approximate surface area is 268 Å². The van der Waals surface area contributed by atoms with E-state index in [0.29, 0.717) is 43.0 Å². The smallest absolute Gasteiger partial charge is 0.410 e. The van der Waals surface area contributed by atoms with Gasteiger partial charge in [-0.05, 0) is 87.9 Å². The van der Waals surface area contributed by atoms with E-state index in [4.69, 9.17) is 18.7 Å². The molecule has 1 amide bonds. The summed E-state index contributed by atoms with van der Waals surface area (Å²) in [7, 11) is -5.42. The summed E-state index contributed by atoms with van der Waals surface area (Å²) in [5.41, 5.74) is 6.36. The van der Waals surface area contributed by atoms with Crippen molar-refractivity contribution in [3.8, 4) is 11.5 Å². The Balaban J connectivity index is 1.49. The van der Waals surface area contributed by atoms with Gasteiger partial charge in [-0.15, -0.1) is 0 Å². The second-order valence-corrected chi connectivity index (χ2v) is 21.7. The molecule has 0 saturated heterocycles. The predicted octanol–water partition coefficient (Wildman–Crippen LogP) is 7.95. The van der Waals surface area contributed by atoms with E-state index in [-0.39, 0.29) is 24.5 Å². The average molecular weight is 658 g/mol. The molecule has 2 aromatic carbocycles. The number of carbonyl (C=O) groups excluding carboxylic acids is 2. The number of amides is 1. The van der Waals surface area contributed by atoms with E-state index < -0.39 is 27.4 Å². The van der Waals surface area contributed by atoms with Crippen molar-refractivity contribution in [3.63, 3.8) is 0 Å². The summed E-state index contributed by atoms with van der Waals surface area (Å²) < 4.78 is 36.1. The van der Waals surface area contributed by atoms with Gasteiger partial charge in [-0.25, -0.2) is 14.2 Å². The largest absolute Gasteiger partial charge is 0.493 e. The van der Waals surface area contributed by atoms with E-state index in [2.05, 4.69) is 26.6 Å². The van der Waals surface area contributed by atoms with Crippen LogP contribution in [0.15, 0.2) is 29.8 Å². The summed E-state index contributed by atoms with van der Waals surface area (Å²) in [6.45, 7) is 19.7. The molecule has 1 atom stereocenters. The summed E-state index contributed by atoms with van der Waals surface area (Å²) in [4.78, 5) is 37.8. The fourth-order valence-corrected chi connectivity index (χ4v) is 7.66. The molecule has 0 aromatic heterocycles. The molecule has 0 bridgehead atoms. The second kappa shape index (κ2) is 13.3. The lowest BCUT2D eigenvalue weighted by molar-refractivity contribution is 0.0241. The number of hydrogen-bond donors (Lipinski definition) is 1. The van der Waals surface area contributed by atoms with Crippen LogP contribution in [0.1, 0.15) is 78.4 Å². The zero-order valence-corrected chi connectivity index (χ0v) is 30.1. The highest BCUT2D eigenvalue weighted by molar-refractivity contribution is 7.53. The first-order valence-corrected chi connectivity index (χ1v) is 21.1. The molecule has 11 heteroatoms. The normalized spacial score (nSPS) is 16.2. The number of ether oxygens (including phenoxy) is 3. The highest BCUT2D eigenvalue weighted by atomic mass is 31.2. The maximum atomic E-state index is 13.2. The van der Waals surface area contributed by atoms with Gasteiger partial charge in [0.05, 0.1) is 12.8 Å². The first kappa shape index (κ1) is 34.8. The molecule has 9 nitrogen and oxygen atoms in total. The maximum absolute atomic E-state index is 13.2. The van der Waals surface area contributed by atoms with Crippen LogP contribution in [0, 0.1) is 6.92 Å². The monoisotopic (exact) mass is 657 g/mol. The first-order chi connectivity index (χ1) is 20.9. The Morgan fingerprint density at radius 2 is 1.84 bits per heavy atom. The molecule has 0 spiro atoms. The van der Waals surface area contributed by atoms with Gasteiger partial charge in [0.15, 0.2) is 0 Å². The Bertz CT molecular complexity index is 1550. The molecule has 2 aliphatic heterocycles. The molecule has 2 aromatic rings. The van der Waals surface area contributed by atoms with E-state index in [1.807, 2.05) is 39.8 Å². The Hall–Kier alpha value is -3.07. The van der Waals surface area contributed by atoms with Crippen LogP contribution in [0.5, 0.6) is 11.5 Å². The standard InChI is InChI=1S/C34H48NO8PSi/c1-10-27-23(3)29-20-41-32(36)30(29)31(40-15-16-45(7,8)9)28(27)14-11-22(2)21-44(38,39)43-26-13-12-24-18-35(19-25(24)17-26)33(37)42-34(4,5)6/h11-13,17H,10,14-16,18-21H2,1-9H3,(H,38,39). The van der Waals surface area contributed by atoms with E-state index in [1.165, 1.54) is 0 Å². The van der Waals surface area contributed by atoms with Crippen molar-refractivity contribution in [2.24, 2.45) is 0 Å². The fourth-order valence-electron chi connectivity index (χ4n) is 5.68. The van der Waals surface area contributed by atoms with Crippen molar-refractivity contribution in [1.29, 1.82) is 0 Å². The highest BCUT2D eigenvalue weighted by Gasteiger charge is 2.33. The van der Waals surface area contributed by atoms with E-state index in [9.17, 15) is 19.0 Å². The van der Waals surface area contributed by atoms with Gasteiger partial charge in [0, 0.05) is 32.3 Å². The van der Waals surface area contributed by atoms with Gasteiger partial charge in [-0.1, -0.05) is 44.3 Å². The first-order valence-electron chi connectivity index (χ1n) is 15.6. The van der Waals surface area contributed by atoms with Gasteiger partial charge < -0.3 is 23.6 Å². The van der Waals surface area contributed by atoms with Gasteiger partial charge in [-0.2, -0.15) is 0 Å². The molecule has 2 aliphatic rings. The van der Waals surface area contributed by atoms with Crippen LogP contribution in [0.3, 0.4) is 0 Å². The quantitative estimate of drug-likeness (QED) is 0.112. The molecular weight excluding hydrogens is 609 g/mol. The van der Waals surface area contributed by atoms with E-state index >= 15 is 0 Å². The molecule has 0 saturated carbocycles. The summed E-state index contributed by atoms with van der Waals surface area (Å²) in [6, 6.07) is 6.14. The maximum Gasteiger partial charge on any atom is 0.410 e. The third kappa shape index (κ3) is 8.80. The number of rotatable bonds is 11. The van der Waals surface area contributed by atoms with Crippen molar-refractivity contribution in [1.82, 2.24) is 4.90 Å². The van der Waals surface area contributed by atoms with Gasteiger partial charge >= 0.3 is 19.7 Å². The van der Waals surface area contributed by atoms with Gasteiger partial charge in [-0.3, -0.25) is 4.90 Å². The van der Waals surface area contributed by atoms with Crippen LogP contribution < -0.4 is 9.26 Å². The van der Waals surface area contributed by atoms with E-state index in [0.717, 1.165) is 45.8 Å². The number of esters is 1. The van der Waals surface area contributed by atoms with Gasteiger partial charge in [0.25, 0.3) is 0 Å². The molecular formula is C34H48NO8PSi. The summed E-state index contributed by atoms with van der Waals surface area (Å²) in [5.74, 6) is 0.495. The molecule has 1 N–H and O–H groups in total. The van der Waals surface area contributed by atoms with Crippen molar-refractivity contribution in [2.45, 2.75) is 105 Å². The van der Waals surface area contributed by atoms with E-state index in [1.54, 1.807) is 24.0 Å². The Kier molecular flexibility index (Phi) is 10.3. The minimum atomic E-state index is -4.05. The van der Waals surface area contributed by atoms with Crippen LogP contribution in [-0.4, -0.2) is 48.3 Å². The number of allylic oxidation sites excluding steroid dienone is 2. The van der Waals surface area contributed by atoms with Crippen molar-refractivity contribution in [3.05, 3.63) is 68.8 Å². The topological polar surface area (TPSA) is 112 Å². The SMILES string of the molecule is CCc1c(C)c2c(c(OCC[Si](C)(C)C)c1CC=C(C)CP(=O)(O)Oc1ccc3c(c1)CN(C(=O)OC(C)(C)C)C3)C(=O)OC2. The Morgan fingerprint density at radius 3 is 2.49 bits per heavy atom. The van der Waals surface area contributed by atoms with Gasteiger partial charge in [0.1, 0.15) is 29.3 Å². The van der Waals surface area contributed by atoms with Crippen molar-refractivity contribution in [2.75, 3.05) is 12.8 Å². The molecule has 0 aliphatic carbocycles. The second-order valence-electron chi connectivity index (χ2n) is 14.3. The van der Waals surface area contributed by atoms with Crippen molar-refractivity contribution >= 4 is 27.7 Å². The van der Waals surface area contributed by atoms with Crippen LogP contribution in [-0.2, 0) is 46.6 Å². The number of hydrogen-bond acceptors (Lipinski definition) is 7. The number of fused-ring (bicyclic) bond motifs is 2. The van der Waals surface area contributed by atoms with Crippen molar-refractivity contribution < 1.29 is 37.8 Å². The Morgan fingerprint density at radius 1 is 1.16 bits per heavy atom. The lowest BCUT2D eigenvalue weighted by Crippen LogP contribution is -2.33. The lowest BCUT2D eigenvalue weighted by atomic mass is 9.89. The third-order valence-electron chi connectivity index (χ3n) is 7.98. The number of nitrogens with zero attached hydrogens (tertiary/aromatic N) is 1. The molecule has 0 radical (unpaired) electrons. The molecule has 4 rings (SSSR count). The lowest BCUT2D eigenvalue weighted by Gasteiger charge is -2.24. The molecule has 45 heavy (non-hydrogen) atoms. The summed E-state index contributed by atoms with van der Waals surface area (Å²) in [5, 5.41) is 0. The fraction of sp³-hybridized carbons (Fsp3) is 0.529. The number of benzene rings is 2. The van der Waals surface area contributed by atoms with Crippen LogP contribution in [0.4, 0.5) is 4.79 Å². The number of carbonyl (C=O) groups is 2. The summed E-state index contributed by atoms with van der Waals surface area (Å²) >= 11 is 0. The average Bonchev–Trinajstić information content (AvgIpc) is 3.50. The molecule has 0 fully saturated rings. The third-order valence-corrected chi connectivity index (χ3v) is 11.1. The number of cyclic esters (lactones) is 1. The summed E-state index contributed by atoms with van der Waals surface area (Å²) in [6.07, 6.45) is 2.55. The van der Waals surface area contributed by atoms with Crippen LogP contribution in [0.25, 0.3) is 0 Å². The zero-order valence-electron chi connectivity index (χ0n) is 28.2. The molecule has 246 valence electrons. The predicted molar refractivity (Wildman–Crippen MR) is 178 cm³/mol. The van der Waals surface area contributed by atoms with Crippen LogP contribution in [0.2, 0.25) is 25.7 Å². The van der Waals surface area contributed by atoms with Gasteiger partial charge in [0.2, 0.25) is 0 Å².